The lowest BCUT2D eigenvalue weighted by Gasteiger charge is -2.31. The van der Waals surface area contributed by atoms with E-state index in [-0.39, 0.29) is 11.8 Å². The Morgan fingerprint density at radius 3 is 2.56 bits per heavy atom. The van der Waals surface area contributed by atoms with Gasteiger partial charge in [-0.15, -0.1) is 0 Å². The van der Waals surface area contributed by atoms with Gasteiger partial charge in [0, 0.05) is 25.1 Å². The number of carbonyl (C=O) groups is 2. The van der Waals surface area contributed by atoms with Crippen LogP contribution in [0.25, 0.3) is 0 Å². The Morgan fingerprint density at radius 2 is 1.85 bits per heavy atom. The number of nitrogens with zero attached hydrogens (tertiary/aromatic N) is 1. The maximum absolute atomic E-state index is 13.0. The van der Waals surface area contributed by atoms with Crippen LogP contribution in [-0.4, -0.2) is 56.2 Å². The number of ether oxygens (including phenoxy) is 2. The van der Waals surface area contributed by atoms with E-state index in [1.54, 1.807) is 36.3 Å². The summed E-state index contributed by atoms with van der Waals surface area (Å²) >= 11 is 0. The molecular weight excluding hydrogens is 344 g/mol. The molecule has 1 heterocycles. The first kappa shape index (κ1) is 18.9. The molecule has 0 bridgehead atoms. The molecule has 1 aliphatic rings. The fourth-order valence-corrected chi connectivity index (χ4v) is 3.06. The van der Waals surface area contributed by atoms with E-state index in [0.29, 0.717) is 44.0 Å². The molecule has 0 aliphatic carbocycles. The van der Waals surface area contributed by atoms with Crippen LogP contribution in [0, 0.1) is 0 Å². The molecule has 1 aliphatic heterocycles. The highest BCUT2D eigenvalue weighted by atomic mass is 16.5. The van der Waals surface area contributed by atoms with Gasteiger partial charge in [0.2, 0.25) is 5.91 Å². The fraction of sp³-hybridized carbons (Fsp3) is 0.333. The molecule has 1 atom stereocenters. The number of nitrogens with one attached hydrogen (secondary N) is 1. The Kier molecular flexibility index (Phi) is 6.44. The minimum atomic E-state index is -0.635. The van der Waals surface area contributed by atoms with Gasteiger partial charge in [-0.05, 0) is 23.8 Å². The summed E-state index contributed by atoms with van der Waals surface area (Å²) < 4.78 is 10.5. The van der Waals surface area contributed by atoms with Gasteiger partial charge in [0.15, 0.2) is 0 Å². The maximum Gasteiger partial charge on any atom is 0.252 e. The van der Waals surface area contributed by atoms with Crippen molar-refractivity contribution in [1.29, 1.82) is 0 Å². The van der Waals surface area contributed by atoms with Crippen molar-refractivity contribution in [1.82, 2.24) is 10.2 Å². The molecular formula is C21H24N2O4. The number of benzene rings is 2. The number of carbonyl (C=O) groups excluding carboxylic acids is 2. The Hall–Kier alpha value is -2.86. The average Bonchev–Trinajstić information content (AvgIpc) is 2.74. The van der Waals surface area contributed by atoms with Crippen LogP contribution in [0.15, 0.2) is 54.6 Å². The summed E-state index contributed by atoms with van der Waals surface area (Å²) in [6, 6.07) is 16.0. The molecule has 1 N–H and O–H groups in total. The van der Waals surface area contributed by atoms with Crippen molar-refractivity contribution in [3.8, 4) is 5.75 Å². The van der Waals surface area contributed by atoms with Crippen molar-refractivity contribution < 1.29 is 19.1 Å². The SMILES string of the molecule is COc1cccc(C(=O)N[C@@H](Cc2ccccc2)C(=O)N2CCOCC2)c1. The second-order valence-corrected chi connectivity index (χ2v) is 6.39. The second kappa shape index (κ2) is 9.19. The van der Waals surface area contributed by atoms with E-state index in [1.807, 2.05) is 30.3 Å². The first-order chi connectivity index (χ1) is 13.2. The van der Waals surface area contributed by atoms with Crippen LogP contribution in [-0.2, 0) is 16.0 Å². The molecule has 0 radical (unpaired) electrons. The van der Waals surface area contributed by atoms with E-state index >= 15 is 0 Å². The molecule has 1 fully saturated rings. The van der Waals surface area contributed by atoms with Crippen LogP contribution in [0.2, 0.25) is 0 Å². The lowest BCUT2D eigenvalue weighted by Crippen LogP contribution is -2.52. The van der Waals surface area contributed by atoms with Gasteiger partial charge in [-0.1, -0.05) is 36.4 Å². The molecule has 27 heavy (non-hydrogen) atoms. The molecule has 2 aromatic rings. The number of hydrogen-bond acceptors (Lipinski definition) is 4. The summed E-state index contributed by atoms with van der Waals surface area (Å²) in [4.78, 5) is 27.5. The van der Waals surface area contributed by atoms with Crippen LogP contribution >= 0.6 is 0 Å². The zero-order valence-corrected chi connectivity index (χ0v) is 15.4. The van der Waals surface area contributed by atoms with E-state index in [1.165, 1.54) is 0 Å². The van der Waals surface area contributed by atoms with Crippen LogP contribution in [0.1, 0.15) is 15.9 Å². The van der Waals surface area contributed by atoms with Crippen LogP contribution in [0.5, 0.6) is 5.75 Å². The van der Waals surface area contributed by atoms with E-state index in [2.05, 4.69) is 5.32 Å². The predicted molar refractivity (Wildman–Crippen MR) is 102 cm³/mol. The highest BCUT2D eigenvalue weighted by molar-refractivity contribution is 5.98. The lowest BCUT2D eigenvalue weighted by atomic mass is 10.0. The summed E-state index contributed by atoms with van der Waals surface area (Å²) in [5.74, 6) is 0.219. The van der Waals surface area contributed by atoms with Crippen molar-refractivity contribution in [2.45, 2.75) is 12.5 Å². The van der Waals surface area contributed by atoms with E-state index in [4.69, 9.17) is 9.47 Å². The highest BCUT2D eigenvalue weighted by Crippen LogP contribution is 2.14. The first-order valence-corrected chi connectivity index (χ1v) is 9.03. The van der Waals surface area contributed by atoms with Crippen molar-refractivity contribution in [2.24, 2.45) is 0 Å². The normalized spacial score (nSPS) is 15.1. The van der Waals surface area contributed by atoms with Gasteiger partial charge in [0.1, 0.15) is 11.8 Å². The summed E-state index contributed by atoms with van der Waals surface area (Å²) in [6.07, 6.45) is 0.437. The summed E-state index contributed by atoms with van der Waals surface area (Å²) in [6.45, 7) is 2.12. The third-order valence-corrected chi connectivity index (χ3v) is 4.54. The summed E-state index contributed by atoms with van der Waals surface area (Å²) in [5.41, 5.74) is 1.46. The topological polar surface area (TPSA) is 67.9 Å². The number of amides is 2. The molecule has 3 rings (SSSR count). The highest BCUT2D eigenvalue weighted by Gasteiger charge is 2.27. The van der Waals surface area contributed by atoms with Crippen LogP contribution in [0.4, 0.5) is 0 Å². The third kappa shape index (κ3) is 5.08. The number of rotatable bonds is 6. The zero-order chi connectivity index (χ0) is 19.1. The minimum Gasteiger partial charge on any atom is -0.497 e. The second-order valence-electron chi connectivity index (χ2n) is 6.39. The van der Waals surface area contributed by atoms with Gasteiger partial charge in [0.25, 0.3) is 5.91 Å². The first-order valence-electron chi connectivity index (χ1n) is 9.03. The Labute approximate surface area is 159 Å². The standard InChI is InChI=1S/C21H24N2O4/c1-26-18-9-5-8-17(15-18)20(24)22-19(14-16-6-3-2-4-7-16)21(25)23-10-12-27-13-11-23/h2-9,15,19H,10-14H2,1H3,(H,22,24)/t19-/m0/s1. The monoisotopic (exact) mass is 368 g/mol. The molecule has 2 amide bonds. The molecule has 6 nitrogen and oxygen atoms in total. The van der Waals surface area contributed by atoms with E-state index < -0.39 is 6.04 Å². The predicted octanol–water partition coefficient (Wildman–Crippen LogP) is 1.90. The number of methoxy groups -OCH3 is 1. The van der Waals surface area contributed by atoms with Gasteiger partial charge in [0.05, 0.1) is 20.3 Å². The molecule has 0 unspecified atom stereocenters. The maximum atomic E-state index is 13.0. The van der Waals surface area contributed by atoms with E-state index in [0.717, 1.165) is 5.56 Å². The lowest BCUT2D eigenvalue weighted by molar-refractivity contribution is -0.137. The molecule has 0 saturated carbocycles. The van der Waals surface area contributed by atoms with Gasteiger partial charge < -0.3 is 19.7 Å². The molecule has 0 aromatic heterocycles. The molecule has 0 spiro atoms. The van der Waals surface area contributed by atoms with Crippen LogP contribution < -0.4 is 10.1 Å². The van der Waals surface area contributed by atoms with Crippen LogP contribution in [0.3, 0.4) is 0 Å². The van der Waals surface area contributed by atoms with Crippen molar-refractivity contribution in [3.05, 3.63) is 65.7 Å². The summed E-state index contributed by atoms with van der Waals surface area (Å²) in [5, 5.41) is 2.90. The van der Waals surface area contributed by atoms with Crippen molar-refractivity contribution in [2.75, 3.05) is 33.4 Å². The zero-order valence-electron chi connectivity index (χ0n) is 15.4. The third-order valence-electron chi connectivity index (χ3n) is 4.54. The fourth-order valence-electron chi connectivity index (χ4n) is 3.06. The summed E-state index contributed by atoms with van der Waals surface area (Å²) in [7, 11) is 1.55. The largest absolute Gasteiger partial charge is 0.497 e. The number of morpholine rings is 1. The quantitative estimate of drug-likeness (QED) is 0.846. The average molecular weight is 368 g/mol. The van der Waals surface area contributed by atoms with Gasteiger partial charge in [-0.2, -0.15) is 0 Å². The Bertz CT molecular complexity index is 773. The smallest absolute Gasteiger partial charge is 0.252 e. The van der Waals surface area contributed by atoms with Gasteiger partial charge in [-0.25, -0.2) is 0 Å². The Balaban J connectivity index is 1.77. The minimum absolute atomic E-state index is 0.0848. The van der Waals surface area contributed by atoms with Gasteiger partial charge in [-0.3, -0.25) is 9.59 Å². The number of hydrogen-bond donors (Lipinski definition) is 1. The van der Waals surface area contributed by atoms with Crippen molar-refractivity contribution in [3.63, 3.8) is 0 Å². The molecule has 142 valence electrons. The van der Waals surface area contributed by atoms with Crippen molar-refractivity contribution >= 4 is 11.8 Å². The Morgan fingerprint density at radius 1 is 1.11 bits per heavy atom. The molecule has 6 heteroatoms. The molecule has 1 saturated heterocycles. The van der Waals surface area contributed by atoms with Gasteiger partial charge >= 0.3 is 0 Å². The molecule has 2 aromatic carbocycles. The van der Waals surface area contributed by atoms with E-state index in [9.17, 15) is 9.59 Å².